The van der Waals surface area contributed by atoms with Gasteiger partial charge < -0.3 is 9.84 Å². The molecule has 4 heteroatoms. The molecule has 0 aliphatic heterocycles. The average molecular weight is 248 g/mol. The van der Waals surface area contributed by atoms with Crippen molar-refractivity contribution >= 4 is 11.8 Å². The first kappa shape index (κ1) is 12.6. The number of carbonyl (C=O) groups is 2. The van der Waals surface area contributed by atoms with Crippen LogP contribution >= 0.6 is 0 Å². The van der Waals surface area contributed by atoms with Crippen LogP contribution in [0.4, 0.5) is 0 Å². The van der Waals surface area contributed by atoms with Crippen LogP contribution in [0.15, 0.2) is 18.2 Å². The van der Waals surface area contributed by atoms with Crippen molar-refractivity contribution < 1.29 is 19.4 Å². The number of ether oxygens (including phenoxy) is 1. The molecule has 0 bridgehead atoms. The summed E-state index contributed by atoms with van der Waals surface area (Å²) in [6.07, 6.45) is 2.16. The normalized spacial score (nSPS) is 19.6. The van der Waals surface area contributed by atoms with Crippen molar-refractivity contribution in [1.29, 1.82) is 0 Å². The highest BCUT2D eigenvalue weighted by molar-refractivity contribution is 5.95. The molecule has 0 unspecified atom stereocenters. The van der Waals surface area contributed by atoms with E-state index in [0.717, 1.165) is 12.8 Å². The molecule has 0 radical (unpaired) electrons. The van der Waals surface area contributed by atoms with Gasteiger partial charge in [-0.05, 0) is 37.8 Å². The van der Waals surface area contributed by atoms with Crippen LogP contribution in [-0.4, -0.2) is 23.0 Å². The highest BCUT2D eigenvalue weighted by Gasteiger charge is 2.27. The molecule has 18 heavy (non-hydrogen) atoms. The molecule has 1 aromatic rings. The van der Waals surface area contributed by atoms with Crippen LogP contribution in [0.3, 0.4) is 0 Å². The van der Waals surface area contributed by atoms with E-state index in [2.05, 4.69) is 0 Å². The first-order valence-electron chi connectivity index (χ1n) is 6.12. The van der Waals surface area contributed by atoms with E-state index in [4.69, 9.17) is 4.74 Å². The van der Waals surface area contributed by atoms with E-state index in [-0.39, 0.29) is 17.1 Å². The number of Topliss-reactive ketones (excluding diaryl/α,β-unsaturated/α-hetero) is 1. The van der Waals surface area contributed by atoms with Gasteiger partial charge in [-0.3, -0.25) is 4.79 Å². The van der Waals surface area contributed by atoms with Crippen LogP contribution in [0, 0.1) is 6.92 Å². The van der Waals surface area contributed by atoms with Gasteiger partial charge in [0, 0.05) is 6.42 Å². The van der Waals surface area contributed by atoms with E-state index in [1.54, 1.807) is 19.1 Å². The fourth-order valence-corrected chi connectivity index (χ4v) is 2.09. The van der Waals surface area contributed by atoms with E-state index in [0.29, 0.717) is 18.4 Å². The number of aromatic hydroxyl groups is 1. The molecule has 4 nitrogen and oxygen atoms in total. The molecule has 1 saturated carbocycles. The maximum Gasteiger partial charge on any atom is 0.342 e. The Morgan fingerprint density at radius 2 is 2.17 bits per heavy atom. The molecule has 2 rings (SSSR count). The molecule has 0 spiro atoms. The van der Waals surface area contributed by atoms with Gasteiger partial charge in [-0.25, -0.2) is 4.79 Å². The Balaban J connectivity index is 2.12. The van der Waals surface area contributed by atoms with Crippen LogP contribution in [-0.2, 0) is 9.53 Å². The number of hydrogen-bond donors (Lipinski definition) is 1. The van der Waals surface area contributed by atoms with Gasteiger partial charge in [-0.1, -0.05) is 12.1 Å². The van der Waals surface area contributed by atoms with Gasteiger partial charge in [0.2, 0.25) is 0 Å². The molecule has 1 N–H and O–H groups in total. The lowest BCUT2D eigenvalue weighted by Crippen LogP contribution is -2.30. The second-order valence-corrected chi connectivity index (χ2v) is 4.58. The summed E-state index contributed by atoms with van der Waals surface area (Å²) in [5.41, 5.74) is 0.729. The van der Waals surface area contributed by atoms with Gasteiger partial charge in [0.1, 0.15) is 11.3 Å². The molecule has 0 heterocycles. The van der Waals surface area contributed by atoms with Gasteiger partial charge in [-0.15, -0.1) is 0 Å². The van der Waals surface area contributed by atoms with Gasteiger partial charge >= 0.3 is 5.97 Å². The Kier molecular flexibility index (Phi) is 3.65. The molecular formula is C14H16O4. The molecule has 0 saturated heterocycles. The number of hydrogen-bond acceptors (Lipinski definition) is 4. The predicted molar refractivity (Wildman–Crippen MR) is 65.5 cm³/mol. The largest absolute Gasteiger partial charge is 0.507 e. The van der Waals surface area contributed by atoms with Crippen molar-refractivity contribution in [3.8, 4) is 5.75 Å². The Morgan fingerprint density at radius 1 is 1.39 bits per heavy atom. The van der Waals surface area contributed by atoms with E-state index in [1.165, 1.54) is 6.07 Å². The summed E-state index contributed by atoms with van der Waals surface area (Å²) >= 11 is 0. The van der Waals surface area contributed by atoms with Gasteiger partial charge in [0.05, 0.1) is 0 Å². The third-order valence-corrected chi connectivity index (χ3v) is 3.21. The van der Waals surface area contributed by atoms with Crippen molar-refractivity contribution in [2.45, 2.75) is 38.7 Å². The summed E-state index contributed by atoms with van der Waals surface area (Å²) in [5.74, 6) is -0.732. The lowest BCUT2D eigenvalue weighted by atomic mass is 9.96. The quantitative estimate of drug-likeness (QED) is 0.816. The number of esters is 1. The zero-order valence-electron chi connectivity index (χ0n) is 10.3. The Hall–Kier alpha value is -1.84. The van der Waals surface area contributed by atoms with Crippen LogP contribution < -0.4 is 0 Å². The second kappa shape index (κ2) is 5.21. The zero-order chi connectivity index (χ0) is 13.1. The molecule has 1 aromatic carbocycles. The van der Waals surface area contributed by atoms with Crippen molar-refractivity contribution in [2.24, 2.45) is 0 Å². The van der Waals surface area contributed by atoms with Gasteiger partial charge in [0.15, 0.2) is 11.9 Å². The third kappa shape index (κ3) is 2.53. The van der Waals surface area contributed by atoms with Crippen LogP contribution in [0.2, 0.25) is 0 Å². The number of ketones is 1. The fourth-order valence-electron chi connectivity index (χ4n) is 2.09. The minimum atomic E-state index is -0.647. The lowest BCUT2D eigenvalue weighted by Gasteiger charge is -2.20. The first-order chi connectivity index (χ1) is 8.59. The Bertz CT molecular complexity index is 479. The number of phenols is 1. The lowest BCUT2D eigenvalue weighted by molar-refractivity contribution is -0.129. The number of aryl methyl sites for hydroxylation is 1. The molecule has 1 atom stereocenters. The van der Waals surface area contributed by atoms with E-state index in [9.17, 15) is 14.7 Å². The number of phenolic OH excluding ortho intramolecular Hbond substituents is 1. The summed E-state index contributed by atoms with van der Waals surface area (Å²) in [6, 6.07) is 4.88. The molecule has 1 fully saturated rings. The molecule has 0 amide bonds. The fraction of sp³-hybridized carbons (Fsp3) is 0.429. The van der Waals surface area contributed by atoms with Crippen molar-refractivity contribution in [1.82, 2.24) is 0 Å². The van der Waals surface area contributed by atoms with E-state index < -0.39 is 12.1 Å². The smallest absolute Gasteiger partial charge is 0.342 e. The number of benzene rings is 1. The van der Waals surface area contributed by atoms with Crippen molar-refractivity contribution in [3.05, 3.63) is 29.3 Å². The van der Waals surface area contributed by atoms with Crippen LogP contribution in [0.5, 0.6) is 5.75 Å². The predicted octanol–water partition coefficient (Wildman–Crippen LogP) is 2.37. The summed E-state index contributed by atoms with van der Waals surface area (Å²) in [5, 5.41) is 9.78. The maximum atomic E-state index is 11.9. The second-order valence-electron chi connectivity index (χ2n) is 4.58. The summed E-state index contributed by atoms with van der Waals surface area (Å²) in [6.45, 7) is 1.71. The first-order valence-corrected chi connectivity index (χ1v) is 6.12. The maximum absolute atomic E-state index is 11.9. The highest BCUT2D eigenvalue weighted by atomic mass is 16.5. The SMILES string of the molecule is Cc1cccc(C(=O)O[C@H]2CCCCC2=O)c1O. The standard InChI is InChI=1S/C14H16O4/c1-9-5-4-6-10(13(9)16)14(17)18-12-8-3-2-7-11(12)15/h4-6,12,16H,2-3,7-8H2,1H3/t12-/m0/s1. The van der Waals surface area contributed by atoms with Crippen molar-refractivity contribution in [3.63, 3.8) is 0 Å². The molecule has 1 aliphatic rings. The number of carbonyl (C=O) groups excluding carboxylic acids is 2. The van der Waals surface area contributed by atoms with Crippen LogP contribution in [0.25, 0.3) is 0 Å². The van der Waals surface area contributed by atoms with Crippen LogP contribution in [0.1, 0.15) is 41.6 Å². The minimum Gasteiger partial charge on any atom is -0.507 e. The molecule has 0 aromatic heterocycles. The van der Waals surface area contributed by atoms with Crippen molar-refractivity contribution in [2.75, 3.05) is 0 Å². The summed E-state index contributed by atoms with van der Waals surface area (Å²) < 4.78 is 5.18. The summed E-state index contributed by atoms with van der Waals surface area (Å²) in [4.78, 5) is 23.5. The molecular weight excluding hydrogens is 232 g/mol. The number of rotatable bonds is 2. The third-order valence-electron chi connectivity index (χ3n) is 3.21. The number of para-hydroxylation sites is 1. The zero-order valence-corrected chi connectivity index (χ0v) is 10.3. The average Bonchev–Trinajstić information content (AvgIpc) is 2.35. The molecule has 96 valence electrons. The summed E-state index contributed by atoms with van der Waals surface area (Å²) in [7, 11) is 0. The van der Waals surface area contributed by atoms with Gasteiger partial charge in [0.25, 0.3) is 0 Å². The minimum absolute atomic E-state index is 0.0262. The van der Waals surface area contributed by atoms with E-state index in [1.807, 2.05) is 0 Å². The Labute approximate surface area is 106 Å². The topological polar surface area (TPSA) is 63.6 Å². The molecule has 1 aliphatic carbocycles. The highest BCUT2D eigenvalue weighted by Crippen LogP contribution is 2.24. The monoisotopic (exact) mass is 248 g/mol. The Morgan fingerprint density at radius 3 is 2.89 bits per heavy atom. The van der Waals surface area contributed by atoms with E-state index >= 15 is 0 Å². The van der Waals surface area contributed by atoms with Gasteiger partial charge in [-0.2, -0.15) is 0 Å².